The summed E-state index contributed by atoms with van der Waals surface area (Å²) in [4.78, 5) is 9.68. The van der Waals surface area contributed by atoms with Gasteiger partial charge in [0.15, 0.2) is 11.6 Å². The molecule has 0 saturated heterocycles. The first kappa shape index (κ1) is 19.8. The molecular weight excluding hydrogens is 390 g/mol. The molecule has 0 aliphatic carbocycles. The molecule has 142 valence electrons. The average molecular weight is 394 g/mol. The minimum atomic E-state index is -6.76. The van der Waals surface area contributed by atoms with Crippen LogP contribution in [-0.4, -0.2) is 31.8 Å². The van der Waals surface area contributed by atoms with Crippen molar-refractivity contribution in [2.75, 3.05) is 0 Å². The SMILES string of the molecule is Fc1cnc(C(F)(F)C(F)(F)C(F)(F)C(F)(F)c2ncc(F)cn2)nc1. The summed E-state index contributed by atoms with van der Waals surface area (Å²) in [6.07, 6.45) is -0.200. The molecule has 0 spiro atoms. The first-order chi connectivity index (χ1) is 11.7. The number of nitrogens with zero attached hydrogens (tertiary/aromatic N) is 4. The van der Waals surface area contributed by atoms with Gasteiger partial charge in [0.1, 0.15) is 0 Å². The van der Waals surface area contributed by atoms with Crippen molar-refractivity contribution in [1.29, 1.82) is 0 Å². The van der Waals surface area contributed by atoms with Gasteiger partial charge in [-0.25, -0.2) is 28.7 Å². The van der Waals surface area contributed by atoms with Gasteiger partial charge in [-0.1, -0.05) is 0 Å². The summed E-state index contributed by atoms with van der Waals surface area (Å²) in [5.41, 5.74) is 0. The Kier molecular flexibility index (Phi) is 4.58. The van der Waals surface area contributed by atoms with E-state index in [2.05, 4.69) is 19.9 Å². The number of aromatic nitrogens is 4. The number of rotatable bonds is 5. The van der Waals surface area contributed by atoms with Crippen LogP contribution in [0, 0.1) is 11.6 Å². The normalized spacial score (nSPS) is 13.8. The molecule has 0 aromatic carbocycles. The number of halogens is 10. The fraction of sp³-hybridized carbons (Fsp3) is 0.333. The molecule has 0 amide bonds. The van der Waals surface area contributed by atoms with E-state index in [0.717, 1.165) is 0 Å². The third kappa shape index (κ3) is 2.82. The van der Waals surface area contributed by atoms with Gasteiger partial charge in [-0.3, -0.25) is 0 Å². The van der Waals surface area contributed by atoms with E-state index in [1.807, 2.05) is 0 Å². The molecule has 0 unspecified atom stereocenters. The summed E-state index contributed by atoms with van der Waals surface area (Å²) in [5.74, 6) is -33.0. The smallest absolute Gasteiger partial charge is 0.232 e. The van der Waals surface area contributed by atoms with Gasteiger partial charge in [-0.05, 0) is 0 Å². The fourth-order valence-corrected chi connectivity index (χ4v) is 1.62. The van der Waals surface area contributed by atoms with Crippen LogP contribution in [0.1, 0.15) is 11.6 Å². The summed E-state index contributed by atoms with van der Waals surface area (Å²) < 4.78 is 135. The van der Waals surface area contributed by atoms with E-state index in [1.54, 1.807) is 0 Å². The largest absolute Gasteiger partial charge is 0.386 e. The zero-order chi connectivity index (χ0) is 20.0. The first-order valence-corrected chi connectivity index (χ1v) is 6.22. The van der Waals surface area contributed by atoms with Crippen molar-refractivity contribution in [3.63, 3.8) is 0 Å². The van der Waals surface area contributed by atoms with Crippen LogP contribution in [0.25, 0.3) is 0 Å². The highest BCUT2D eigenvalue weighted by molar-refractivity contribution is 5.15. The van der Waals surface area contributed by atoms with Crippen LogP contribution in [0.5, 0.6) is 0 Å². The lowest BCUT2D eigenvalue weighted by Gasteiger charge is -2.35. The standard InChI is InChI=1S/C12H4F10N4/c13-5-1-23-7(24-2-5)9(15,16)11(19,20)12(21,22)10(17,18)8-25-3-6(14)4-26-8/h1-4H. The Morgan fingerprint density at radius 3 is 0.962 bits per heavy atom. The zero-order valence-corrected chi connectivity index (χ0v) is 11.9. The molecule has 0 atom stereocenters. The summed E-state index contributed by atoms with van der Waals surface area (Å²) >= 11 is 0. The molecule has 0 radical (unpaired) electrons. The van der Waals surface area contributed by atoms with Crippen LogP contribution in [0.2, 0.25) is 0 Å². The molecule has 4 nitrogen and oxygen atoms in total. The highest BCUT2D eigenvalue weighted by Crippen LogP contribution is 2.57. The van der Waals surface area contributed by atoms with E-state index in [4.69, 9.17) is 0 Å². The maximum absolute atomic E-state index is 13.8. The van der Waals surface area contributed by atoms with Gasteiger partial charge in [0, 0.05) is 0 Å². The van der Waals surface area contributed by atoms with Crippen molar-refractivity contribution >= 4 is 0 Å². The Labute approximate surface area is 136 Å². The average Bonchev–Trinajstić information content (AvgIpc) is 2.55. The Hall–Kier alpha value is -2.54. The summed E-state index contributed by atoms with van der Waals surface area (Å²) in [6, 6.07) is 0. The van der Waals surface area contributed by atoms with Crippen LogP contribution < -0.4 is 0 Å². The molecule has 0 saturated carbocycles. The lowest BCUT2D eigenvalue weighted by Crippen LogP contribution is -2.60. The van der Waals surface area contributed by atoms with Crippen LogP contribution in [0.4, 0.5) is 43.9 Å². The molecule has 0 N–H and O–H groups in total. The Morgan fingerprint density at radius 1 is 0.500 bits per heavy atom. The van der Waals surface area contributed by atoms with Crippen LogP contribution in [-0.2, 0) is 11.8 Å². The predicted molar refractivity (Wildman–Crippen MR) is 61.7 cm³/mol. The molecular formula is C12H4F10N4. The second-order valence-electron chi connectivity index (χ2n) is 4.75. The van der Waals surface area contributed by atoms with Gasteiger partial charge in [-0.15, -0.1) is 0 Å². The van der Waals surface area contributed by atoms with Crippen LogP contribution >= 0.6 is 0 Å². The highest BCUT2D eigenvalue weighted by atomic mass is 19.4. The molecule has 0 bridgehead atoms. The Morgan fingerprint density at radius 2 is 0.731 bits per heavy atom. The van der Waals surface area contributed by atoms with Gasteiger partial charge in [0.25, 0.3) is 0 Å². The number of hydrogen-bond donors (Lipinski definition) is 0. The van der Waals surface area contributed by atoms with Crippen molar-refractivity contribution in [3.05, 3.63) is 48.1 Å². The number of alkyl halides is 8. The fourth-order valence-electron chi connectivity index (χ4n) is 1.62. The molecule has 0 aliphatic rings. The topological polar surface area (TPSA) is 51.6 Å². The molecule has 2 aromatic heterocycles. The molecule has 0 fully saturated rings. The van der Waals surface area contributed by atoms with Crippen LogP contribution in [0.15, 0.2) is 24.8 Å². The lowest BCUT2D eigenvalue weighted by atomic mass is 9.97. The van der Waals surface area contributed by atoms with Gasteiger partial charge in [0.05, 0.1) is 24.8 Å². The van der Waals surface area contributed by atoms with E-state index < -0.39 is 47.0 Å². The van der Waals surface area contributed by atoms with E-state index in [0.29, 0.717) is 0 Å². The molecule has 2 heterocycles. The molecule has 14 heteroatoms. The minimum Gasteiger partial charge on any atom is -0.232 e. The van der Waals surface area contributed by atoms with Crippen molar-refractivity contribution in [1.82, 2.24) is 19.9 Å². The maximum atomic E-state index is 13.8. The van der Waals surface area contributed by atoms with Crippen molar-refractivity contribution in [2.24, 2.45) is 0 Å². The van der Waals surface area contributed by atoms with E-state index in [9.17, 15) is 43.9 Å². The van der Waals surface area contributed by atoms with Gasteiger partial charge in [-0.2, -0.15) is 35.1 Å². The third-order valence-electron chi connectivity index (χ3n) is 2.99. The Balaban J connectivity index is 2.53. The number of hydrogen-bond acceptors (Lipinski definition) is 4. The van der Waals surface area contributed by atoms with E-state index in [1.165, 1.54) is 0 Å². The molecule has 2 rings (SSSR count). The van der Waals surface area contributed by atoms with Gasteiger partial charge < -0.3 is 0 Å². The second kappa shape index (κ2) is 6.02. The van der Waals surface area contributed by atoms with E-state index in [-0.39, 0.29) is 24.8 Å². The van der Waals surface area contributed by atoms with Gasteiger partial charge >= 0.3 is 23.7 Å². The highest BCUT2D eigenvalue weighted by Gasteiger charge is 2.83. The third-order valence-corrected chi connectivity index (χ3v) is 2.99. The van der Waals surface area contributed by atoms with Crippen molar-refractivity contribution in [3.8, 4) is 0 Å². The Bertz CT molecular complexity index is 708. The van der Waals surface area contributed by atoms with Crippen molar-refractivity contribution < 1.29 is 43.9 Å². The van der Waals surface area contributed by atoms with Crippen molar-refractivity contribution in [2.45, 2.75) is 23.7 Å². The quantitative estimate of drug-likeness (QED) is 0.726. The summed E-state index contributed by atoms with van der Waals surface area (Å²) in [7, 11) is 0. The summed E-state index contributed by atoms with van der Waals surface area (Å²) in [5, 5.41) is 0. The molecule has 2 aromatic rings. The monoisotopic (exact) mass is 394 g/mol. The zero-order valence-electron chi connectivity index (χ0n) is 11.9. The lowest BCUT2D eigenvalue weighted by molar-refractivity contribution is -0.377. The van der Waals surface area contributed by atoms with Gasteiger partial charge in [0.2, 0.25) is 11.6 Å². The summed E-state index contributed by atoms with van der Waals surface area (Å²) in [6.45, 7) is 0. The predicted octanol–water partition coefficient (Wildman–Crippen LogP) is 3.70. The maximum Gasteiger partial charge on any atom is 0.386 e. The molecule has 0 aliphatic heterocycles. The minimum absolute atomic E-state index is 0.0499. The van der Waals surface area contributed by atoms with E-state index >= 15 is 0 Å². The first-order valence-electron chi connectivity index (χ1n) is 6.22. The van der Waals surface area contributed by atoms with Crippen LogP contribution in [0.3, 0.4) is 0 Å². The molecule has 26 heavy (non-hydrogen) atoms. The second-order valence-corrected chi connectivity index (χ2v) is 4.75.